The van der Waals surface area contributed by atoms with Crippen molar-refractivity contribution in [3.63, 3.8) is 0 Å². The van der Waals surface area contributed by atoms with Gasteiger partial charge in [-0.2, -0.15) is 0 Å². The fourth-order valence-corrected chi connectivity index (χ4v) is 1.67. The molecule has 106 valence electrons. The Hall–Kier alpha value is -2.01. The van der Waals surface area contributed by atoms with Crippen LogP contribution in [-0.4, -0.2) is 11.5 Å². The zero-order valence-electron chi connectivity index (χ0n) is 11.2. The molecule has 0 atom stereocenters. The number of hydrogen-bond acceptors (Lipinski definition) is 3. The Morgan fingerprint density at radius 1 is 1.20 bits per heavy atom. The molecule has 1 N–H and O–H groups in total. The van der Waals surface area contributed by atoms with Gasteiger partial charge in [-0.25, -0.2) is 13.8 Å². The Kier molecular flexibility index (Phi) is 5.01. The first-order valence-electron chi connectivity index (χ1n) is 6.48. The van der Waals surface area contributed by atoms with Crippen LogP contribution in [0.5, 0.6) is 11.6 Å². The van der Waals surface area contributed by atoms with Crippen molar-refractivity contribution < 1.29 is 13.5 Å². The third kappa shape index (κ3) is 3.99. The fraction of sp³-hybridized carbons (Fsp3) is 0.267. The Bertz CT molecular complexity index is 576. The number of benzene rings is 1. The van der Waals surface area contributed by atoms with Crippen LogP contribution < -0.4 is 10.1 Å². The Labute approximate surface area is 116 Å². The van der Waals surface area contributed by atoms with Crippen LogP contribution in [0.3, 0.4) is 0 Å². The Morgan fingerprint density at radius 2 is 2.05 bits per heavy atom. The number of nitrogens with one attached hydrogen (secondary N) is 1. The first-order valence-corrected chi connectivity index (χ1v) is 6.48. The molecule has 0 saturated carbocycles. The summed E-state index contributed by atoms with van der Waals surface area (Å²) in [5.74, 6) is -1.11. The molecule has 0 aliphatic carbocycles. The summed E-state index contributed by atoms with van der Waals surface area (Å²) < 4.78 is 31.8. The molecule has 0 bridgehead atoms. The zero-order chi connectivity index (χ0) is 14.4. The van der Waals surface area contributed by atoms with E-state index in [0.29, 0.717) is 6.54 Å². The summed E-state index contributed by atoms with van der Waals surface area (Å²) >= 11 is 0. The molecule has 0 fully saturated rings. The SMILES string of the molecule is CCCNCc1cccc(Oc2cc(F)ccc2F)n1. The van der Waals surface area contributed by atoms with Gasteiger partial charge in [0, 0.05) is 18.7 Å². The van der Waals surface area contributed by atoms with Crippen molar-refractivity contribution >= 4 is 0 Å². The second-order valence-corrected chi connectivity index (χ2v) is 4.32. The zero-order valence-corrected chi connectivity index (χ0v) is 11.2. The molecule has 1 aromatic carbocycles. The molecule has 5 heteroatoms. The summed E-state index contributed by atoms with van der Waals surface area (Å²) in [5, 5.41) is 3.21. The maximum atomic E-state index is 13.5. The largest absolute Gasteiger partial charge is 0.436 e. The van der Waals surface area contributed by atoms with Crippen molar-refractivity contribution in [1.82, 2.24) is 10.3 Å². The number of hydrogen-bond donors (Lipinski definition) is 1. The van der Waals surface area contributed by atoms with E-state index in [1.165, 1.54) is 0 Å². The molecule has 20 heavy (non-hydrogen) atoms. The van der Waals surface area contributed by atoms with Gasteiger partial charge in [-0.1, -0.05) is 13.0 Å². The van der Waals surface area contributed by atoms with Crippen LogP contribution in [0.25, 0.3) is 0 Å². The maximum Gasteiger partial charge on any atom is 0.219 e. The van der Waals surface area contributed by atoms with E-state index in [4.69, 9.17) is 4.74 Å². The van der Waals surface area contributed by atoms with Gasteiger partial charge in [0.25, 0.3) is 0 Å². The fourth-order valence-electron chi connectivity index (χ4n) is 1.67. The molecule has 0 aliphatic heterocycles. The van der Waals surface area contributed by atoms with Gasteiger partial charge in [0.05, 0.1) is 5.69 Å². The van der Waals surface area contributed by atoms with E-state index in [2.05, 4.69) is 17.2 Å². The molecular weight excluding hydrogens is 262 g/mol. The van der Waals surface area contributed by atoms with Gasteiger partial charge in [0.2, 0.25) is 5.88 Å². The van der Waals surface area contributed by atoms with E-state index in [1.807, 2.05) is 6.07 Å². The van der Waals surface area contributed by atoms with E-state index in [1.54, 1.807) is 12.1 Å². The van der Waals surface area contributed by atoms with E-state index >= 15 is 0 Å². The van der Waals surface area contributed by atoms with Crippen LogP contribution in [-0.2, 0) is 6.54 Å². The number of ether oxygens (including phenoxy) is 1. The van der Waals surface area contributed by atoms with Gasteiger partial charge in [-0.05, 0) is 31.2 Å². The first kappa shape index (κ1) is 14.4. The first-order chi connectivity index (χ1) is 9.69. The van der Waals surface area contributed by atoms with Crippen LogP contribution in [0.1, 0.15) is 19.0 Å². The minimum absolute atomic E-state index is 0.170. The van der Waals surface area contributed by atoms with Gasteiger partial charge in [0.15, 0.2) is 11.6 Å². The van der Waals surface area contributed by atoms with Crippen molar-refractivity contribution in [2.45, 2.75) is 19.9 Å². The Balaban J connectivity index is 2.09. The van der Waals surface area contributed by atoms with E-state index in [-0.39, 0.29) is 11.6 Å². The lowest BCUT2D eigenvalue weighted by molar-refractivity contribution is 0.420. The number of pyridine rings is 1. The predicted octanol–water partition coefficient (Wildman–Crippen LogP) is 3.65. The van der Waals surface area contributed by atoms with Crippen LogP contribution in [0.4, 0.5) is 8.78 Å². The van der Waals surface area contributed by atoms with Crippen LogP contribution in [0.2, 0.25) is 0 Å². The second kappa shape index (κ2) is 6.96. The second-order valence-electron chi connectivity index (χ2n) is 4.32. The van der Waals surface area contributed by atoms with E-state index in [9.17, 15) is 8.78 Å². The molecule has 2 aromatic rings. The van der Waals surface area contributed by atoms with Gasteiger partial charge in [-0.3, -0.25) is 0 Å². The highest BCUT2D eigenvalue weighted by Crippen LogP contribution is 2.23. The van der Waals surface area contributed by atoms with E-state index < -0.39 is 11.6 Å². The van der Waals surface area contributed by atoms with Gasteiger partial charge < -0.3 is 10.1 Å². The van der Waals surface area contributed by atoms with E-state index in [0.717, 1.165) is 36.9 Å². The number of rotatable bonds is 6. The number of nitrogens with zero attached hydrogens (tertiary/aromatic N) is 1. The molecular formula is C15H16F2N2O. The molecule has 1 aromatic heterocycles. The highest BCUT2D eigenvalue weighted by molar-refractivity contribution is 5.29. The molecule has 3 nitrogen and oxygen atoms in total. The summed E-state index contributed by atoms with van der Waals surface area (Å²) in [7, 11) is 0. The monoisotopic (exact) mass is 278 g/mol. The molecule has 0 saturated heterocycles. The standard InChI is InChI=1S/C15H16F2N2O/c1-2-8-18-10-12-4-3-5-15(19-12)20-14-9-11(16)6-7-13(14)17/h3-7,9,18H,2,8,10H2,1H3. The normalized spacial score (nSPS) is 10.6. The predicted molar refractivity (Wildman–Crippen MR) is 72.7 cm³/mol. The van der Waals surface area contributed by atoms with Crippen LogP contribution in [0.15, 0.2) is 36.4 Å². The van der Waals surface area contributed by atoms with Crippen molar-refractivity contribution in [3.05, 3.63) is 53.7 Å². The highest BCUT2D eigenvalue weighted by Gasteiger charge is 2.07. The highest BCUT2D eigenvalue weighted by atomic mass is 19.1. The summed E-state index contributed by atoms with van der Waals surface area (Å²) in [6.07, 6.45) is 1.03. The number of aromatic nitrogens is 1. The molecule has 2 rings (SSSR count). The summed E-state index contributed by atoms with van der Waals surface area (Å²) in [6, 6.07) is 8.28. The summed E-state index contributed by atoms with van der Waals surface area (Å²) in [4.78, 5) is 4.24. The van der Waals surface area contributed by atoms with Crippen LogP contribution >= 0.6 is 0 Å². The molecule has 0 aliphatic rings. The number of halogens is 2. The lowest BCUT2D eigenvalue weighted by Gasteiger charge is -2.08. The summed E-state index contributed by atoms with van der Waals surface area (Å²) in [5.41, 5.74) is 0.785. The molecule has 0 amide bonds. The molecule has 0 spiro atoms. The third-order valence-electron chi connectivity index (χ3n) is 2.62. The third-order valence-corrected chi connectivity index (χ3v) is 2.62. The lowest BCUT2D eigenvalue weighted by atomic mass is 10.3. The van der Waals surface area contributed by atoms with Crippen molar-refractivity contribution in [2.75, 3.05) is 6.54 Å². The van der Waals surface area contributed by atoms with Crippen molar-refractivity contribution in [2.24, 2.45) is 0 Å². The lowest BCUT2D eigenvalue weighted by Crippen LogP contribution is -2.14. The van der Waals surface area contributed by atoms with Gasteiger partial charge >= 0.3 is 0 Å². The quantitative estimate of drug-likeness (QED) is 0.819. The molecule has 0 radical (unpaired) electrons. The van der Waals surface area contributed by atoms with Crippen molar-refractivity contribution in [3.8, 4) is 11.6 Å². The van der Waals surface area contributed by atoms with Gasteiger partial charge in [0.1, 0.15) is 5.82 Å². The topological polar surface area (TPSA) is 34.1 Å². The maximum absolute atomic E-state index is 13.5. The van der Waals surface area contributed by atoms with Crippen molar-refractivity contribution in [1.29, 1.82) is 0 Å². The average Bonchev–Trinajstić information content (AvgIpc) is 2.44. The van der Waals surface area contributed by atoms with Gasteiger partial charge in [-0.15, -0.1) is 0 Å². The smallest absolute Gasteiger partial charge is 0.219 e. The average molecular weight is 278 g/mol. The van der Waals surface area contributed by atoms with Crippen LogP contribution in [0, 0.1) is 11.6 Å². The molecule has 0 unspecified atom stereocenters. The Morgan fingerprint density at radius 3 is 2.85 bits per heavy atom. The minimum atomic E-state index is -0.622. The minimum Gasteiger partial charge on any atom is -0.436 e. The summed E-state index contributed by atoms with van der Waals surface area (Å²) in [6.45, 7) is 3.58. The molecule has 1 heterocycles.